The minimum absolute atomic E-state index is 0.160. The second-order valence-corrected chi connectivity index (χ2v) is 5.30. The molecule has 0 radical (unpaired) electrons. The van der Waals surface area contributed by atoms with E-state index in [4.69, 9.17) is 9.47 Å². The summed E-state index contributed by atoms with van der Waals surface area (Å²) in [6, 6.07) is 7.05. The number of anilines is 2. The number of hydrogen-bond acceptors (Lipinski definition) is 4. The van der Waals surface area contributed by atoms with Crippen molar-refractivity contribution in [3.8, 4) is 0 Å². The average molecular weight is 305 g/mol. The van der Waals surface area contributed by atoms with E-state index in [1.165, 1.54) is 0 Å². The molecule has 2 heterocycles. The van der Waals surface area contributed by atoms with Crippen LogP contribution in [0, 0.1) is 0 Å². The maximum Gasteiger partial charge on any atom is 0.414 e. The summed E-state index contributed by atoms with van der Waals surface area (Å²) in [4.78, 5) is 25.0. The van der Waals surface area contributed by atoms with Crippen molar-refractivity contribution in [2.75, 3.05) is 36.6 Å². The number of urea groups is 1. The van der Waals surface area contributed by atoms with E-state index in [1.807, 2.05) is 0 Å². The number of rotatable bonds is 3. The van der Waals surface area contributed by atoms with E-state index < -0.39 is 0 Å². The van der Waals surface area contributed by atoms with Crippen LogP contribution in [0.5, 0.6) is 0 Å². The number of nitrogens with zero attached hydrogens (tertiary/aromatic N) is 1. The van der Waals surface area contributed by atoms with Crippen molar-refractivity contribution in [3.63, 3.8) is 0 Å². The Morgan fingerprint density at radius 1 is 1.14 bits per heavy atom. The Balaban J connectivity index is 1.54. The molecule has 2 aliphatic heterocycles. The number of benzene rings is 1. The maximum atomic E-state index is 11.9. The number of amides is 3. The van der Waals surface area contributed by atoms with Crippen LogP contribution in [0.4, 0.5) is 21.0 Å². The van der Waals surface area contributed by atoms with Crippen LogP contribution in [-0.2, 0) is 9.47 Å². The normalized spacial score (nSPS) is 18.9. The molecule has 0 aromatic heterocycles. The van der Waals surface area contributed by atoms with Gasteiger partial charge in [-0.25, -0.2) is 9.59 Å². The predicted molar refractivity (Wildman–Crippen MR) is 81.1 cm³/mol. The van der Waals surface area contributed by atoms with Gasteiger partial charge in [0, 0.05) is 30.6 Å². The van der Waals surface area contributed by atoms with Gasteiger partial charge < -0.3 is 20.1 Å². The van der Waals surface area contributed by atoms with E-state index in [-0.39, 0.29) is 18.2 Å². The number of nitrogens with one attached hydrogen (secondary N) is 2. The maximum absolute atomic E-state index is 11.9. The molecule has 0 atom stereocenters. The number of cyclic esters (lactones) is 1. The molecule has 7 nitrogen and oxygen atoms in total. The molecule has 0 saturated carbocycles. The molecule has 7 heteroatoms. The fourth-order valence-electron chi connectivity index (χ4n) is 2.55. The molecule has 1 aromatic carbocycles. The van der Waals surface area contributed by atoms with E-state index in [0.29, 0.717) is 32.1 Å². The minimum atomic E-state index is -0.335. The molecule has 2 saturated heterocycles. The van der Waals surface area contributed by atoms with Crippen LogP contribution in [0.1, 0.15) is 12.8 Å². The Labute approximate surface area is 128 Å². The first-order chi connectivity index (χ1) is 10.7. The highest BCUT2D eigenvalue weighted by atomic mass is 16.6. The summed E-state index contributed by atoms with van der Waals surface area (Å²) in [6.07, 6.45) is 1.34. The van der Waals surface area contributed by atoms with Gasteiger partial charge in [-0.1, -0.05) is 0 Å². The summed E-state index contributed by atoms with van der Waals surface area (Å²) in [6.45, 7) is 2.33. The molecule has 0 bridgehead atoms. The monoisotopic (exact) mass is 305 g/mol. The van der Waals surface area contributed by atoms with Gasteiger partial charge in [-0.05, 0) is 37.1 Å². The zero-order valence-corrected chi connectivity index (χ0v) is 12.2. The van der Waals surface area contributed by atoms with Crippen molar-refractivity contribution in [1.29, 1.82) is 0 Å². The molecule has 2 N–H and O–H groups in total. The van der Waals surface area contributed by atoms with Crippen molar-refractivity contribution in [1.82, 2.24) is 5.32 Å². The van der Waals surface area contributed by atoms with Crippen LogP contribution in [0.2, 0.25) is 0 Å². The van der Waals surface area contributed by atoms with Gasteiger partial charge in [-0.15, -0.1) is 0 Å². The van der Waals surface area contributed by atoms with Gasteiger partial charge in [0.1, 0.15) is 6.61 Å². The lowest BCUT2D eigenvalue weighted by Gasteiger charge is -2.23. The van der Waals surface area contributed by atoms with Crippen molar-refractivity contribution in [3.05, 3.63) is 24.3 Å². The smallest absolute Gasteiger partial charge is 0.414 e. The molecule has 118 valence electrons. The third-order valence-corrected chi connectivity index (χ3v) is 3.75. The first kappa shape index (κ1) is 14.6. The van der Waals surface area contributed by atoms with Gasteiger partial charge in [0.15, 0.2) is 0 Å². The highest BCUT2D eigenvalue weighted by Crippen LogP contribution is 2.21. The summed E-state index contributed by atoms with van der Waals surface area (Å²) < 4.78 is 10.2. The van der Waals surface area contributed by atoms with Crippen LogP contribution < -0.4 is 15.5 Å². The minimum Gasteiger partial charge on any atom is -0.447 e. The fourth-order valence-corrected chi connectivity index (χ4v) is 2.55. The van der Waals surface area contributed by atoms with Crippen LogP contribution in [-0.4, -0.2) is 44.5 Å². The Hall–Kier alpha value is -2.28. The molecule has 2 aliphatic rings. The highest BCUT2D eigenvalue weighted by Gasteiger charge is 2.23. The van der Waals surface area contributed by atoms with E-state index in [1.54, 1.807) is 29.2 Å². The zero-order valence-electron chi connectivity index (χ0n) is 12.2. The quantitative estimate of drug-likeness (QED) is 0.894. The summed E-state index contributed by atoms with van der Waals surface area (Å²) in [7, 11) is 0. The molecule has 2 fully saturated rings. The highest BCUT2D eigenvalue weighted by molar-refractivity contribution is 5.91. The predicted octanol–water partition coefficient (Wildman–Crippen LogP) is 1.94. The molecule has 0 aliphatic carbocycles. The molecule has 3 amide bonds. The number of hydrogen-bond donors (Lipinski definition) is 2. The second kappa shape index (κ2) is 6.65. The van der Waals surface area contributed by atoms with Gasteiger partial charge in [-0.2, -0.15) is 0 Å². The number of carbonyl (C=O) groups excluding carboxylic acids is 2. The molecule has 0 unspecified atom stereocenters. The van der Waals surface area contributed by atoms with Crippen molar-refractivity contribution >= 4 is 23.5 Å². The first-order valence-corrected chi connectivity index (χ1v) is 7.42. The lowest BCUT2D eigenvalue weighted by molar-refractivity contribution is 0.0806. The third-order valence-electron chi connectivity index (χ3n) is 3.75. The van der Waals surface area contributed by atoms with Crippen molar-refractivity contribution in [2.24, 2.45) is 0 Å². The molecule has 0 spiro atoms. The van der Waals surface area contributed by atoms with Crippen LogP contribution >= 0.6 is 0 Å². The largest absolute Gasteiger partial charge is 0.447 e. The van der Waals surface area contributed by atoms with Gasteiger partial charge in [0.25, 0.3) is 0 Å². The van der Waals surface area contributed by atoms with Crippen LogP contribution in [0.25, 0.3) is 0 Å². The van der Waals surface area contributed by atoms with E-state index in [2.05, 4.69) is 10.6 Å². The second-order valence-electron chi connectivity index (χ2n) is 5.30. The lowest BCUT2D eigenvalue weighted by atomic mass is 10.1. The van der Waals surface area contributed by atoms with E-state index in [0.717, 1.165) is 18.5 Å². The van der Waals surface area contributed by atoms with Gasteiger partial charge >= 0.3 is 12.1 Å². The van der Waals surface area contributed by atoms with Gasteiger partial charge in [0.05, 0.1) is 6.54 Å². The van der Waals surface area contributed by atoms with E-state index >= 15 is 0 Å². The van der Waals surface area contributed by atoms with Gasteiger partial charge in [0.2, 0.25) is 0 Å². The Morgan fingerprint density at radius 3 is 2.50 bits per heavy atom. The zero-order chi connectivity index (χ0) is 15.4. The Bertz CT molecular complexity index is 540. The van der Waals surface area contributed by atoms with Crippen molar-refractivity contribution in [2.45, 2.75) is 18.9 Å². The third kappa shape index (κ3) is 3.48. The first-order valence-electron chi connectivity index (χ1n) is 7.42. The van der Waals surface area contributed by atoms with Crippen molar-refractivity contribution < 1.29 is 19.1 Å². The summed E-state index contributed by atoms with van der Waals surface area (Å²) >= 11 is 0. The van der Waals surface area contributed by atoms with Gasteiger partial charge in [-0.3, -0.25) is 4.90 Å². The standard InChI is InChI=1S/C15H19N3O4/c19-14(17-12-5-8-21-9-6-12)16-11-1-3-13(4-2-11)18-7-10-22-15(18)20/h1-4,12H,5-10H2,(H2,16,17,19). The lowest BCUT2D eigenvalue weighted by Crippen LogP contribution is -2.41. The topological polar surface area (TPSA) is 79.9 Å². The molecule has 22 heavy (non-hydrogen) atoms. The molecular formula is C15H19N3O4. The number of carbonyl (C=O) groups is 2. The van der Waals surface area contributed by atoms with Crippen LogP contribution in [0.15, 0.2) is 24.3 Å². The SMILES string of the molecule is O=C(Nc1ccc(N2CCOC2=O)cc1)NC1CCOCC1. The summed E-state index contributed by atoms with van der Waals surface area (Å²) in [5, 5.41) is 5.72. The number of ether oxygens (including phenoxy) is 2. The Morgan fingerprint density at radius 2 is 1.86 bits per heavy atom. The Kier molecular flexibility index (Phi) is 4.43. The molecule has 3 rings (SSSR count). The molecular weight excluding hydrogens is 286 g/mol. The molecule has 1 aromatic rings. The summed E-state index contributed by atoms with van der Waals surface area (Å²) in [5.41, 5.74) is 1.44. The fraction of sp³-hybridized carbons (Fsp3) is 0.467. The summed E-state index contributed by atoms with van der Waals surface area (Å²) in [5.74, 6) is 0. The average Bonchev–Trinajstić information content (AvgIpc) is 2.95. The van der Waals surface area contributed by atoms with E-state index in [9.17, 15) is 9.59 Å². The van der Waals surface area contributed by atoms with Crippen LogP contribution in [0.3, 0.4) is 0 Å².